The number of amides is 1. The molecule has 4 nitrogen and oxygen atoms in total. The molecule has 1 amide bonds. The fourth-order valence-corrected chi connectivity index (χ4v) is 2.91. The van der Waals surface area contributed by atoms with Crippen molar-refractivity contribution in [2.24, 2.45) is 5.92 Å². The van der Waals surface area contributed by atoms with E-state index < -0.39 is 6.10 Å². The van der Waals surface area contributed by atoms with E-state index >= 15 is 0 Å². The highest BCUT2D eigenvalue weighted by Gasteiger charge is 2.26. The van der Waals surface area contributed by atoms with E-state index in [0.717, 1.165) is 50.3 Å². The molecule has 1 fully saturated rings. The third kappa shape index (κ3) is 4.73. The van der Waals surface area contributed by atoms with Crippen LogP contribution in [-0.2, 0) is 4.79 Å². The molecule has 4 heteroatoms. The van der Waals surface area contributed by atoms with Gasteiger partial charge in [-0.1, -0.05) is 19.1 Å². The van der Waals surface area contributed by atoms with Crippen molar-refractivity contribution in [1.82, 2.24) is 10.2 Å². The lowest BCUT2D eigenvalue weighted by atomic mass is 9.96. The third-order valence-corrected chi connectivity index (χ3v) is 4.26. The molecule has 1 N–H and O–H groups in total. The van der Waals surface area contributed by atoms with E-state index in [0.29, 0.717) is 5.92 Å². The standard InChI is InChI=1S/C18H28N2O2/c1-4-19-13-16-8-10-20(11-9-16)18(21)15(3)22-17-7-5-6-14(2)12-17/h5-7,12,15-16,19H,4,8-11,13H2,1-3H3. The summed E-state index contributed by atoms with van der Waals surface area (Å²) in [5.41, 5.74) is 1.14. The molecule has 1 aromatic rings. The average molecular weight is 304 g/mol. The number of hydrogen-bond acceptors (Lipinski definition) is 3. The van der Waals surface area contributed by atoms with Crippen LogP contribution in [0.25, 0.3) is 0 Å². The van der Waals surface area contributed by atoms with Crippen LogP contribution in [-0.4, -0.2) is 43.1 Å². The molecular weight excluding hydrogens is 276 g/mol. The quantitative estimate of drug-likeness (QED) is 0.878. The first kappa shape index (κ1) is 16.8. The topological polar surface area (TPSA) is 41.6 Å². The van der Waals surface area contributed by atoms with Gasteiger partial charge in [0.1, 0.15) is 5.75 Å². The minimum Gasteiger partial charge on any atom is -0.481 e. The second-order valence-corrected chi connectivity index (χ2v) is 6.15. The molecule has 122 valence electrons. The number of aryl methyl sites for hydroxylation is 1. The number of ether oxygens (including phenoxy) is 1. The van der Waals surface area contributed by atoms with Crippen molar-refractivity contribution in [3.8, 4) is 5.75 Å². The van der Waals surface area contributed by atoms with E-state index in [1.165, 1.54) is 0 Å². The maximum Gasteiger partial charge on any atom is 0.263 e. The van der Waals surface area contributed by atoms with Gasteiger partial charge in [-0.25, -0.2) is 0 Å². The molecule has 1 atom stereocenters. The summed E-state index contributed by atoms with van der Waals surface area (Å²) in [6.07, 6.45) is 1.73. The Morgan fingerprint density at radius 3 is 2.77 bits per heavy atom. The van der Waals surface area contributed by atoms with E-state index in [-0.39, 0.29) is 5.91 Å². The van der Waals surface area contributed by atoms with Gasteiger partial charge in [0.2, 0.25) is 0 Å². The Hall–Kier alpha value is -1.55. The van der Waals surface area contributed by atoms with Crippen molar-refractivity contribution >= 4 is 5.91 Å². The van der Waals surface area contributed by atoms with Crippen LogP contribution < -0.4 is 10.1 Å². The van der Waals surface area contributed by atoms with Crippen LogP contribution in [0.5, 0.6) is 5.75 Å². The monoisotopic (exact) mass is 304 g/mol. The first-order chi connectivity index (χ1) is 10.6. The summed E-state index contributed by atoms with van der Waals surface area (Å²) in [6, 6.07) is 7.84. The summed E-state index contributed by atoms with van der Waals surface area (Å²) >= 11 is 0. The van der Waals surface area contributed by atoms with E-state index in [1.54, 1.807) is 0 Å². The molecule has 1 unspecified atom stereocenters. The number of hydrogen-bond donors (Lipinski definition) is 1. The summed E-state index contributed by atoms with van der Waals surface area (Å²) in [6.45, 7) is 9.76. The Morgan fingerprint density at radius 1 is 1.41 bits per heavy atom. The van der Waals surface area contributed by atoms with Crippen molar-refractivity contribution in [1.29, 1.82) is 0 Å². The predicted molar refractivity (Wildman–Crippen MR) is 89.1 cm³/mol. The Kier molecular flexibility index (Phi) is 6.25. The lowest BCUT2D eigenvalue weighted by molar-refractivity contribution is -0.139. The number of piperidine rings is 1. The summed E-state index contributed by atoms with van der Waals surface area (Å²) in [7, 11) is 0. The third-order valence-electron chi connectivity index (χ3n) is 4.26. The van der Waals surface area contributed by atoms with Gasteiger partial charge in [0.05, 0.1) is 0 Å². The summed E-state index contributed by atoms with van der Waals surface area (Å²) in [4.78, 5) is 14.4. The molecule has 1 saturated heterocycles. The zero-order chi connectivity index (χ0) is 15.9. The first-order valence-electron chi connectivity index (χ1n) is 8.33. The van der Waals surface area contributed by atoms with Crippen LogP contribution >= 0.6 is 0 Å². The van der Waals surface area contributed by atoms with Gasteiger partial charge in [-0.05, 0) is 63.4 Å². The maximum atomic E-state index is 12.5. The summed E-state index contributed by atoms with van der Waals surface area (Å²) in [5.74, 6) is 1.56. The largest absolute Gasteiger partial charge is 0.481 e. The molecule has 0 saturated carbocycles. The van der Waals surface area contributed by atoms with Crippen LogP contribution in [0.4, 0.5) is 0 Å². The molecule has 0 aliphatic carbocycles. The van der Waals surface area contributed by atoms with Gasteiger partial charge >= 0.3 is 0 Å². The van der Waals surface area contributed by atoms with Gasteiger partial charge in [0.15, 0.2) is 6.10 Å². The van der Waals surface area contributed by atoms with E-state index in [2.05, 4.69) is 12.2 Å². The van der Waals surface area contributed by atoms with Crippen molar-refractivity contribution in [3.05, 3.63) is 29.8 Å². The first-order valence-corrected chi connectivity index (χ1v) is 8.33. The molecule has 1 aliphatic rings. The molecule has 1 aliphatic heterocycles. The van der Waals surface area contributed by atoms with E-state index in [9.17, 15) is 4.79 Å². The van der Waals surface area contributed by atoms with Crippen LogP contribution in [0.15, 0.2) is 24.3 Å². The smallest absolute Gasteiger partial charge is 0.263 e. The minimum absolute atomic E-state index is 0.100. The van der Waals surface area contributed by atoms with E-state index in [4.69, 9.17) is 4.74 Å². The van der Waals surface area contributed by atoms with Gasteiger partial charge in [0, 0.05) is 13.1 Å². The number of carbonyl (C=O) groups is 1. The highest BCUT2D eigenvalue weighted by atomic mass is 16.5. The van der Waals surface area contributed by atoms with Gasteiger partial charge in [-0.3, -0.25) is 4.79 Å². The molecule has 1 aromatic carbocycles. The average Bonchev–Trinajstić information content (AvgIpc) is 2.52. The Balaban J connectivity index is 1.81. The van der Waals surface area contributed by atoms with Crippen LogP contribution in [0, 0.1) is 12.8 Å². The van der Waals surface area contributed by atoms with E-state index in [1.807, 2.05) is 43.0 Å². The Bertz CT molecular complexity index is 482. The van der Waals surface area contributed by atoms with Crippen LogP contribution in [0.2, 0.25) is 0 Å². The molecule has 0 spiro atoms. The highest BCUT2D eigenvalue weighted by molar-refractivity contribution is 5.81. The molecule has 0 bridgehead atoms. The molecule has 0 radical (unpaired) electrons. The Morgan fingerprint density at radius 2 is 2.14 bits per heavy atom. The number of likely N-dealkylation sites (tertiary alicyclic amines) is 1. The van der Waals surface area contributed by atoms with Gasteiger partial charge in [-0.15, -0.1) is 0 Å². The lowest BCUT2D eigenvalue weighted by Crippen LogP contribution is -2.45. The zero-order valence-corrected chi connectivity index (χ0v) is 14.0. The predicted octanol–water partition coefficient (Wildman–Crippen LogP) is 2.61. The fraction of sp³-hybridized carbons (Fsp3) is 0.611. The van der Waals surface area contributed by atoms with Gasteiger partial charge in [-0.2, -0.15) is 0 Å². The second-order valence-electron chi connectivity index (χ2n) is 6.15. The number of nitrogens with one attached hydrogen (secondary N) is 1. The van der Waals surface area contributed by atoms with Crippen molar-refractivity contribution in [2.45, 2.75) is 39.7 Å². The molecule has 1 heterocycles. The summed E-state index contributed by atoms with van der Waals surface area (Å²) in [5, 5.41) is 3.39. The van der Waals surface area contributed by atoms with Crippen molar-refractivity contribution in [3.63, 3.8) is 0 Å². The molecule has 0 aromatic heterocycles. The normalized spacial score (nSPS) is 17.3. The number of nitrogens with zero attached hydrogens (tertiary/aromatic N) is 1. The number of benzene rings is 1. The van der Waals surface area contributed by atoms with Crippen LogP contribution in [0.1, 0.15) is 32.3 Å². The van der Waals surface area contributed by atoms with Crippen molar-refractivity contribution < 1.29 is 9.53 Å². The zero-order valence-electron chi connectivity index (χ0n) is 14.0. The van der Waals surface area contributed by atoms with Gasteiger partial charge in [0.25, 0.3) is 5.91 Å². The minimum atomic E-state index is -0.424. The molecular formula is C18H28N2O2. The molecule has 22 heavy (non-hydrogen) atoms. The Labute approximate surface area is 133 Å². The number of rotatable bonds is 6. The summed E-state index contributed by atoms with van der Waals surface area (Å²) < 4.78 is 5.80. The van der Waals surface area contributed by atoms with Crippen molar-refractivity contribution in [2.75, 3.05) is 26.2 Å². The van der Waals surface area contributed by atoms with Crippen LogP contribution in [0.3, 0.4) is 0 Å². The number of carbonyl (C=O) groups excluding carboxylic acids is 1. The molecule has 2 rings (SSSR count). The lowest BCUT2D eigenvalue weighted by Gasteiger charge is -2.33. The SMILES string of the molecule is CCNCC1CCN(C(=O)C(C)Oc2cccc(C)c2)CC1. The van der Waals surface area contributed by atoms with Gasteiger partial charge < -0.3 is 15.0 Å². The second kappa shape index (κ2) is 8.18. The maximum absolute atomic E-state index is 12.5. The highest BCUT2D eigenvalue weighted by Crippen LogP contribution is 2.19. The fourth-order valence-electron chi connectivity index (χ4n) is 2.91.